The van der Waals surface area contributed by atoms with Gasteiger partial charge in [0.15, 0.2) is 0 Å². The molecule has 0 spiro atoms. The van der Waals surface area contributed by atoms with Gasteiger partial charge in [-0.3, -0.25) is 4.79 Å². The Kier molecular flexibility index (Phi) is 5.53. The van der Waals surface area contributed by atoms with Crippen LogP contribution in [0.4, 0.5) is 11.4 Å². The number of rotatable bonds is 6. The van der Waals surface area contributed by atoms with Crippen molar-refractivity contribution in [1.29, 1.82) is 0 Å². The molecular weight excluding hydrogens is 274 g/mol. The van der Waals surface area contributed by atoms with E-state index in [9.17, 15) is 4.79 Å². The van der Waals surface area contributed by atoms with Gasteiger partial charge in [0.25, 0.3) is 5.91 Å². The quantitative estimate of drug-likeness (QED) is 0.787. The normalized spacial score (nSPS) is 10.3. The Morgan fingerprint density at radius 2 is 2.00 bits per heavy atom. The number of nitrogens with zero attached hydrogens (tertiary/aromatic N) is 1. The Labute approximate surface area is 132 Å². The molecule has 22 heavy (non-hydrogen) atoms. The third-order valence-corrected chi connectivity index (χ3v) is 3.50. The molecule has 2 N–H and O–H groups in total. The summed E-state index contributed by atoms with van der Waals surface area (Å²) in [5.74, 6) is -0.186. The molecule has 0 aliphatic carbocycles. The maximum atomic E-state index is 12.3. The highest BCUT2D eigenvalue weighted by molar-refractivity contribution is 6.03. The molecule has 116 valence electrons. The smallest absolute Gasteiger partial charge is 0.274 e. The number of unbranched alkanes of at least 4 members (excludes halogenated alkanes) is 1. The molecule has 1 amide bonds. The molecule has 1 aromatic carbocycles. The topological polar surface area (TPSA) is 54.0 Å². The number of hydrogen-bond donors (Lipinski definition) is 2. The Morgan fingerprint density at radius 3 is 2.68 bits per heavy atom. The first-order chi connectivity index (χ1) is 10.6. The van der Waals surface area contributed by atoms with E-state index in [0.29, 0.717) is 5.69 Å². The van der Waals surface area contributed by atoms with E-state index < -0.39 is 0 Å². The van der Waals surface area contributed by atoms with E-state index in [-0.39, 0.29) is 5.91 Å². The largest absolute Gasteiger partial charge is 0.384 e. The van der Waals surface area contributed by atoms with Crippen LogP contribution >= 0.6 is 0 Å². The van der Waals surface area contributed by atoms with Crippen LogP contribution in [0.1, 0.15) is 41.4 Å². The van der Waals surface area contributed by atoms with Gasteiger partial charge in [-0.2, -0.15) is 0 Å². The molecular formula is C18H23N3O. The van der Waals surface area contributed by atoms with Crippen LogP contribution in [0.3, 0.4) is 0 Å². The molecule has 0 unspecified atom stereocenters. The van der Waals surface area contributed by atoms with Crippen LogP contribution in [0.15, 0.2) is 36.5 Å². The zero-order valence-corrected chi connectivity index (χ0v) is 13.4. The van der Waals surface area contributed by atoms with Crippen LogP contribution in [0, 0.1) is 13.8 Å². The van der Waals surface area contributed by atoms with Crippen molar-refractivity contribution in [2.24, 2.45) is 0 Å². The fourth-order valence-electron chi connectivity index (χ4n) is 2.10. The van der Waals surface area contributed by atoms with Gasteiger partial charge < -0.3 is 10.6 Å². The molecule has 1 heterocycles. The first-order valence-corrected chi connectivity index (χ1v) is 7.68. The Bertz CT molecular complexity index is 635. The molecule has 0 aliphatic heterocycles. The lowest BCUT2D eigenvalue weighted by Crippen LogP contribution is -2.14. The van der Waals surface area contributed by atoms with Crippen LogP contribution in [0.25, 0.3) is 0 Å². The van der Waals surface area contributed by atoms with Crippen molar-refractivity contribution in [2.75, 3.05) is 17.2 Å². The summed E-state index contributed by atoms with van der Waals surface area (Å²) in [7, 11) is 0. The van der Waals surface area contributed by atoms with E-state index in [1.54, 1.807) is 12.3 Å². The van der Waals surface area contributed by atoms with Crippen LogP contribution in [-0.2, 0) is 0 Å². The predicted octanol–water partition coefficient (Wildman–Crippen LogP) is 4.16. The van der Waals surface area contributed by atoms with Crippen LogP contribution in [-0.4, -0.2) is 17.4 Å². The van der Waals surface area contributed by atoms with Crippen LogP contribution in [0.2, 0.25) is 0 Å². The lowest BCUT2D eigenvalue weighted by atomic mass is 10.1. The molecule has 0 saturated heterocycles. The molecule has 0 bridgehead atoms. The first kappa shape index (κ1) is 16.0. The second-order valence-corrected chi connectivity index (χ2v) is 5.48. The van der Waals surface area contributed by atoms with Gasteiger partial charge in [-0.25, -0.2) is 4.98 Å². The molecule has 4 heteroatoms. The highest BCUT2D eigenvalue weighted by Crippen LogP contribution is 2.17. The average Bonchev–Trinajstić information content (AvgIpc) is 2.52. The third-order valence-electron chi connectivity index (χ3n) is 3.50. The SMILES string of the molecule is CCCCNc1ccc(C(=O)Nc2cc(C)ccc2C)nc1. The highest BCUT2D eigenvalue weighted by atomic mass is 16.1. The number of amides is 1. The van der Waals surface area contributed by atoms with Crippen LogP contribution < -0.4 is 10.6 Å². The van der Waals surface area contributed by atoms with E-state index >= 15 is 0 Å². The first-order valence-electron chi connectivity index (χ1n) is 7.68. The number of benzene rings is 1. The fourth-order valence-corrected chi connectivity index (χ4v) is 2.10. The van der Waals surface area contributed by atoms with Crippen molar-refractivity contribution in [3.63, 3.8) is 0 Å². The number of aromatic nitrogens is 1. The second kappa shape index (κ2) is 7.59. The summed E-state index contributed by atoms with van der Waals surface area (Å²) in [6.07, 6.45) is 3.97. The highest BCUT2D eigenvalue weighted by Gasteiger charge is 2.09. The van der Waals surface area contributed by atoms with Gasteiger partial charge in [-0.1, -0.05) is 25.5 Å². The molecule has 0 fully saturated rings. The van der Waals surface area contributed by atoms with Crippen molar-refractivity contribution in [3.8, 4) is 0 Å². The maximum Gasteiger partial charge on any atom is 0.274 e. The maximum absolute atomic E-state index is 12.3. The van der Waals surface area contributed by atoms with Crippen molar-refractivity contribution in [3.05, 3.63) is 53.3 Å². The fraction of sp³-hybridized carbons (Fsp3) is 0.333. The second-order valence-electron chi connectivity index (χ2n) is 5.48. The Morgan fingerprint density at radius 1 is 1.18 bits per heavy atom. The summed E-state index contributed by atoms with van der Waals surface area (Å²) in [6, 6.07) is 9.63. The lowest BCUT2D eigenvalue weighted by molar-refractivity contribution is 0.102. The van der Waals surface area contributed by atoms with Crippen LogP contribution in [0.5, 0.6) is 0 Å². The lowest BCUT2D eigenvalue weighted by Gasteiger charge is -2.10. The van der Waals surface area contributed by atoms with Gasteiger partial charge in [0, 0.05) is 12.2 Å². The van der Waals surface area contributed by atoms with E-state index in [4.69, 9.17) is 0 Å². The van der Waals surface area contributed by atoms with Gasteiger partial charge in [-0.05, 0) is 49.6 Å². The van der Waals surface area contributed by atoms with Gasteiger partial charge >= 0.3 is 0 Å². The van der Waals surface area contributed by atoms with Gasteiger partial charge in [0.1, 0.15) is 5.69 Å². The number of carbonyl (C=O) groups is 1. The zero-order chi connectivity index (χ0) is 15.9. The predicted molar refractivity (Wildman–Crippen MR) is 91.5 cm³/mol. The van der Waals surface area contributed by atoms with Crippen molar-refractivity contribution >= 4 is 17.3 Å². The summed E-state index contributed by atoms with van der Waals surface area (Å²) in [5.41, 5.74) is 4.34. The number of nitrogens with one attached hydrogen (secondary N) is 2. The minimum absolute atomic E-state index is 0.186. The summed E-state index contributed by atoms with van der Waals surface area (Å²) in [5, 5.41) is 6.20. The molecule has 2 rings (SSSR count). The molecule has 0 saturated carbocycles. The Balaban J connectivity index is 2.02. The number of aryl methyl sites for hydroxylation is 2. The standard InChI is InChI=1S/C18H23N3O/c1-4-5-10-19-15-8-9-16(20-12-15)18(22)21-17-11-13(2)6-7-14(17)3/h6-9,11-12,19H,4-5,10H2,1-3H3,(H,21,22). The van der Waals surface area contributed by atoms with Crippen molar-refractivity contribution in [2.45, 2.75) is 33.6 Å². The Hall–Kier alpha value is -2.36. The molecule has 0 radical (unpaired) electrons. The average molecular weight is 297 g/mol. The number of hydrogen-bond acceptors (Lipinski definition) is 3. The van der Waals surface area contributed by atoms with Gasteiger partial charge in [-0.15, -0.1) is 0 Å². The minimum Gasteiger partial charge on any atom is -0.384 e. The van der Waals surface area contributed by atoms with E-state index in [0.717, 1.165) is 41.9 Å². The summed E-state index contributed by atoms with van der Waals surface area (Å²) in [6.45, 7) is 7.06. The molecule has 1 aromatic heterocycles. The van der Waals surface area contributed by atoms with Crippen molar-refractivity contribution < 1.29 is 4.79 Å². The zero-order valence-electron chi connectivity index (χ0n) is 13.4. The molecule has 0 atom stereocenters. The van der Waals surface area contributed by atoms with Crippen molar-refractivity contribution in [1.82, 2.24) is 4.98 Å². The third kappa shape index (κ3) is 4.32. The minimum atomic E-state index is -0.186. The molecule has 0 aliphatic rings. The number of pyridine rings is 1. The van der Waals surface area contributed by atoms with E-state index in [2.05, 4.69) is 22.5 Å². The molecule has 4 nitrogen and oxygen atoms in total. The molecule has 2 aromatic rings. The summed E-state index contributed by atoms with van der Waals surface area (Å²) >= 11 is 0. The summed E-state index contributed by atoms with van der Waals surface area (Å²) < 4.78 is 0. The summed E-state index contributed by atoms with van der Waals surface area (Å²) in [4.78, 5) is 16.5. The van der Waals surface area contributed by atoms with Gasteiger partial charge in [0.05, 0.1) is 11.9 Å². The number of anilines is 2. The monoisotopic (exact) mass is 297 g/mol. The van der Waals surface area contributed by atoms with Gasteiger partial charge in [0.2, 0.25) is 0 Å². The number of carbonyl (C=O) groups excluding carboxylic acids is 1. The van der Waals surface area contributed by atoms with E-state index in [1.807, 2.05) is 38.1 Å². The van der Waals surface area contributed by atoms with E-state index in [1.165, 1.54) is 0 Å².